The van der Waals surface area contributed by atoms with Gasteiger partial charge in [0.15, 0.2) is 17.3 Å². The average Bonchev–Trinajstić information content (AvgIpc) is 3.46. The van der Waals surface area contributed by atoms with Crippen molar-refractivity contribution in [2.75, 3.05) is 19.1 Å². The van der Waals surface area contributed by atoms with Gasteiger partial charge in [-0.2, -0.15) is 0 Å². The lowest BCUT2D eigenvalue weighted by Gasteiger charge is -2.37. The van der Waals surface area contributed by atoms with Gasteiger partial charge in [0.05, 0.1) is 20.3 Å². The second kappa shape index (κ2) is 9.55. The Labute approximate surface area is 244 Å². The van der Waals surface area contributed by atoms with Crippen molar-refractivity contribution < 1.29 is 23.9 Å². The van der Waals surface area contributed by atoms with E-state index in [1.807, 2.05) is 60.4 Å². The highest BCUT2D eigenvalue weighted by atomic mass is 16.5. The minimum Gasteiger partial charge on any atom is -0.497 e. The molecule has 42 heavy (non-hydrogen) atoms. The Morgan fingerprint density at radius 2 is 1.45 bits per heavy atom. The van der Waals surface area contributed by atoms with Crippen molar-refractivity contribution in [3.63, 3.8) is 0 Å². The van der Waals surface area contributed by atoms with Crippen LogP contribution in [0.5, 0.6) is 11.5 Å². The number of ketones is 3. The number of fused-ring (bicyclic) bond motifs is 5. The third-order valence-corrected chi connectivity index (χ3v) is 9.04. The first kappa shape index (κ1) is 26.0. The smallest absolute Gasteiger partial charge is 0.186 e. The number of hydrogen-bond acceptors (Lipinski definition) is 6. The third-order valence-electron chi connectivity index (χ3n) is 9.04. The molecule has 208 valence electrons. The quantitative estimate of drug-likeness (QED) is 0.212. The van der Waals surface area contributed by atoms with Gasteiger partial charge in [-0.25, -0.2) is 0 Å². The molecular weight excluding hydrogens is 526 g/mol. The molecule has 2 aliphatic heterocycles. The van der Waals surface area contributed by atoms with E-state index >= 15 is 0 Å². The molecule has 0 amide bonds. The van der Waals surface area contributed by atoms with E-state index in [2.05, 4.69) is 6.07 Å². The first-order valence-corrected chi connectivity index (χ1v) is 14.0. The van der Waals surface area contributed by atoms with Crippen LogP contribution in [0.3, 0.4) is 0 Å². The largest absolute Gasteiger partial charge is 0.497 e. The monoisotopic (exact) mass is 555 g/mol. The zero-order chi connectivity index (χ0) is 29.2. The van der Waals surface area contributed by atoms with E-state index in [-0.39, 0.29) is 17.3 Å². The van der Waals surface area contributed by atoms with Gasteiger partial charge >= 0.3 is 0 Å². The highest BCUT2D eigenvalue weighted by Crippen LogP contribution is 2.61. The maximum absolute atomic E-state index is 14.8. The molecule has 1 spiro atoms. The molecule has 3 unspecified atom stereocenters. The van der Waals surface area contributed by atoms with E-state index in [1.54, 1.807) is 62.8 Å². The first-order chi connectivity index (χ1) is 20.4. The van der Waals surface area contributed by atoms with E-state index < -0.39 is 23.4 Å². The van der Waals surface area contributed by atoms with Crippen LogP contribution in [0.4, 0.5) is 5.69 Å². The summed E-state index contributed by atoms with van der Waals surface area (Å²) in [5.74, 6) is -0.373. The molecule has 6 heteroatoms. The lowest BCUT2D eigenvalue weighted by atomic mass is 9.64. The lowest BCUT2D eigenvalue weighted by molar-refractivity contribution is 0.0665. The highest BCUT2D eigenvalue weighted by Gasteiger charge is 2.71. The van der Waals surface area contributed by atoms with E-state index in [4.69, 9.17) is 9.47 Å². The third kappa shape index (κ3) is 3.48. The van der Waals surface area contributed by atoms with Gasteiger partial charge in [0, 0.05) is 28.3 Å². The number of Topliss-reactive ketones (excluding diaryl/α,β-unsaturated/α-hetero) is 3. The standard InChI is InChI=1S/C36H29NO5/c1-21-14-16-29-22(18-21)15-17-30-36(34(39)27-12-4-5-13-28(27)35(36)40)31(23-8-6-10-25(19-23)41-2)32(37(29)30)33(38)24-9-7-11-26(20-24)42-3/h4-20,30-32H,1-3H3. The van der Waals surface area contributed by atoms with Crippen LogP contribution in [0.1, 0.15) is 53.7 Å². The van der Waals surface area contributed by atoms with E-state index in [0.29, 0.717) is 33.8 Å². The molecule has 0 aromatic heterocycles. The molecule has 1 aliphatic carbocycles. The summed E-state index contributed by atoms with van der Waals surface area (Å²) in [6, 6.07) is 26.0. The maximum Gasteiger partial charge on any atom is 0.186 e. The van der Waals surface area contributed by atoms with Crippen LogP contribution < -0.4 is 14.4 Å². The minimum absolute atomic E-state index is 0.193. The van der Waals surface area contributed by atoms with Crippen LogP contribution in [0.25, 0.3) is 6.08 Å². The number of methoxy groups -OCH3 is 2. The summed E-state index contributed by atoms with van der Waals surface area (Å²) in [5, 5.41) is 0. The van der Waals surface area contributed by atoms with E-state index in [9.17, 15) is 14.4 Å². The molecule has 2 heterocycles. The molecular formula is C36H29NO5. The Hall–Kier alpha value is -4.97. The summed E-state index contributed by atoms with van der Waals surface area (Å²) >= 11 is 0. The fraction of sp³-hybridized carbons (Fsp3) is 0.194. The number of ether oxygens (including phenoxy) is 2. The topological polar surface area (TPSA) is 72.9 Å². The van der Waals surface area contributed by atoms with Crippen LogP contribution in [0.15, 0.2) is 97.1 Å². The van der Waals surface area contributed by atoms with Crippen LogP contribution in [0, 0.1) is 12.3 Å². The Balaban J connectivity index is 1.55. The number of carbonyl (C=O) groups excluding carboxylic acids is 3. The minimum atomic E-state index is -1.56. The Kier molecular flexibility index (Phi) is 5.91. The van der Waals surface area contributed by atoms with Crippen molar-refractivity contribution >= 4 is 29.1 Å². The van der Waals surface area contributed by atoms with E-state index in [1.165, 1.54) is 0 Å². The van der Waals surface area contributed by atoms with Gasteiger partial charge in [-0.3, -0.25) is 14.4 Å². The van der Waals surface area contributed by atoms with Crippen LogP contribution in [0.2, 0.25) is 0 Å². The predicted octanol–water partition coefficient (Wildman–Crippen LogP) is 6.33. The Morgan fingerprint density at radius 3 is 2.14 bits per heavy atom. The SMILES string of the molecule is COc1cccc(C(=O)C2C(c3cccc(OC)c3)C3(C(=O)c4ccccc4C3=O)C3C=Cc4cc(C)ccc4N23)c1. The van der Waals surface area contributed by atoms with Gasteiger partial charge in [-0.1, -0.05) is 72.3 Å². The molecule has 3 aliphatic rings. The van der Waals surface area contributed by atoms with Gasteiger partial charge in [-0.15, -0.1) is 0 Å². The summed E-state index contributed by atoms with van der Waals surface area (Å²) in [7, 11) is 3.14. The number of rotatable bonds is 5. The van der Waals surface area contributed by atoms with Crippen LogP contribution in [-0.2, 0) is 0 Å². The van der Waals surface area contributed by atoms with Gasteiger partial charge < -0.3 is 14.4 Å². The first-order valence-electron chi connectivity index (χ1n) is 14.0. The molecule has 0 bridgehead atoms. The normalized spacial score (nSPS) is 21.2. The second-order valence-corrected chi connectivity index (χ2v) is 11.1. The number of carbonyl (C=O) groups is 3. The van der Waals surface area contributed by atoms with Crippen molar-refractivity contribution in [2.45, 2.75) is 24.9 Å². The maximum atomic E-state index is 14.8. The number of anilines is 1. The summed E-state index contributed by atoms with van der Waals surface area (Å²) in [6.07, 6.45) is 3.92. The number of aryl methyl sites for hydroxylation is 1. The summed E-state index contributed by atoms with van der Waals surface area (Å²) in [6.45, 7) is 2.02. The molecule has 0 saturated carbocycles. The van der Waals surface area contributed by atoms with Crippen molar-refractivity contribution in [3.05, 3.63) is 130 Å². The van der Waals surface area contributed by atoms with Gasteiger partial charge in [-0.05, 0) is 54.4 Å². The fourth-order valence-corrected chi connectivity index (χ4v) is 7.25. The summed E-state index contributed by atoms with van der Waals surface area (Å²) in [4.78, 5) is 46.4. The predicted molar refractivity (Wildman–Crippen MR) is 161 cm³/mol. The number of nitrogens with zero attached hydrogens (tertiary/aromatic N) is 1. The van der Waals surface area contributed by atoms with E-state index in [0.717, 1.165) is 16.8 Å². The molecule has 4 aromatic carbocycles. The molecule has 3 atom stereocenters. The van der Waals surface area contributed by atoms with Crippen molar-refractivity contribution in [3.8, 4) is 11.5 Å². The molecule has 0 radical (unpaired) electrons. The average molecular weight is 556 g/mol. The molecule has 6 nitrogen and oxygen atoms in total. The van der Waals surface area contributed by atoms with Crippen LogP contribution in [-0.4, -0.2) is 43.7 Å². The van der Waals surface area contributed by atoms with Crippen molar-refractivity contribution in [1.29, 1.82) is 0 Å². The summed E-state index contributed by atoms with van der Waals surface area (Å²) < 4.78 is 11.0. The Bertz CT molecular complexity index is 1790. The molecule has 0 N–H and O–H groups in total. The van der Waals surface area contributed by atoms with Crippen molar-refractivity contribution in [2.24, 2.45) is 5.41 Å². The molecule has 1 fully saturated rings. The fourth-order valence-electron chi connectivity index (χ4n) is 7.25. The van der Waals surface area contributed by atoms with Gasteiger partial charge in [0.2, 0.25) is 0 Å². The lowest BCUT2D eigenvalue weighted by Crippen LogP contribution is -2.48. The molecule has 7 rings (SSSR count). The molecule has 4 aromatic rings. The van der Waals surface area contributed by atoms with Crippen LogP contribution >= 0.6 is 0 Å². The number of benzene rings is 4. The van der Waals surface area contributed by atoms with Crippen molar-refractivity contribution in [1.82, 2.24) is 0 Å². The summed E-state index contributed by atoms with van der Waals surface area (Å²) in [5.41, 5.74) is 3.20. The van der Waals surface area contributed by atoms with Gasteiger partial charge in [0.1, 0.15) is 23.0 Å². The van der Waals surface area contributed by atoms with Gasteiger partial charge in [0.25, 0.3) is 0 Å². The zero-order valence-electron chi connectivity index (χ0n) is 23.5. The zero-order valence-corrected chi connectivity index (χ0v) is 23.5. The Morgan fingerprint density at radius 1 is 0.786 bits per heavy atom. The highest BCUT2D eigenvalue weighted by molar-refractivity contribution is 6.32. The molecule has 1 saturated heterocycles. The second-order valence-electron chi connectivity index (χ2n) is 11.1. The number of hydrogen-bond donors (Lipinski definition) is 0.